The molecule has 0 fully saturated rings. The van der Waals surface area contributed by atoms with Gasteiger partial charge in [0.25, 0.3) is 0 Å². The largest absolute Gasteiger partial charge is 0.478 e. The van der Waals surface area contributed by atoms with Gasteiger partial charge in [0, 0.05) is 18.0 Å². The number of carboxylic acids is 1. The normalized spacial score (nSPS) is 9.79. The van der Waals surface area contributed by atoms with Crippen molar-refractivity contribution in [1.29, 1.82) is 0 Å². The molecule has 0 aliphatic heterocycles. The number of aryl methyl sites for hydroxylation is 1. The van der Waals surface area contributed by atoms with Gasteiger partial charge in [0.1, 0.15) is 0 Å². The van der Waals surface area contributed by atoms with E-state index in [0.717, 1.165) is 5.56 Å². The highest BCUT2D eigenvalue weighted by atomic mass is 16.4. The van der Waals surface area contributed by atoms with Crippen LogP contribution in [0.2, 0.25) is 0 Å². The quantitative estimate of drug-likeness (QED) is 0.697. The van der Waals surface area contributed by atoms with Gasteiger partial charge in [-0.15, -0.1) is 0 Å². The predicted molar refractivity (Wildman–Crippen MR) is 50.0 cm³/mol. The number of hydrogen-bond donors (Lipinski definition) is 1. The monoisotopic (exact) mass is 194 g/mol. The summed E-state index contributed by atoms with van der Waals surface area (Å²) >= 11 is 0. The highest BCUT2D eigenvalue weighted by Gasteiger charge is 2.06. The second-order valence-electron chi connectivity index (χ2n) is 2.95. The molecule has 0 saturated heterocycles. The smallest absolute Gasteiger partial charge is 0.347 e. The van der Waals surface area contributed by atoms with Crippen LogP contribution in [0.5, 0.6) is 0 Å². The summed E-state index contributed by atoms with van der Waals surface area (Å²) in [5.74, 6) is -1.11. The lowest BCUT2D eigenvalue weighted by Gasteiger charge is -2.04. The Morgan fingerprint density at radius 3 is 2.93 bits per heavy atom. The number of rotatable bonds is 3. The van der Waals surface area contributed by atoms with Crippen molar-refractivity contribution >= 4 is 5.97 Å². The van der Waals surface area contributed by atoms with Crippen molar-refractivity contribution in [2.45, 2.75) is 13.5 Å². The molecule has 1 aromatic heterocycles. The first kappa shape index (κ1) is 10.2. The van der Waals surface area contributed by atoms with E-state index in [1.54, 1.807) is 13.1 Å². The fraction of sp³-hybridized carbons (Fsp3) is 0.222. The number of aliphatic carboxylic acids is 1. The topological polar surface area (TPSA) is 72.2 Å². The summed E-state index contributed by atoms with van der Waals surface area (Å²) in [6.45, 7) is 5.06. The van der Waals surface area contributed by atoms with Crippen molar-refractivity contribution in [3.63, 3.8) is 0 Å². The van der Waals surface area contributed by atoms with Crippen molar-refractivity contribution in [2.75, 3.05) is 0 Å². The standard InChI is InChI=1S/C9H10N2O3/c1-6-3-10-9(14)11(4-6)5-7(2)8(12)13/h3-4H,2,5H2,1H3,(H,12,13). The van der Waals surface area contributed by atoms with Crippen LogP contribution in [0.3, 0.4) is 0 Å². The summed E-state index contributed by atoms with van der Waals surface area (Å²) in [7, 11) is 0. The molecule has 0 aromatic carbocycles. The van der Waals surface area contributed by atoms with E-state index in [1.165, 1.54) is 10.8 Å². The van der Waals surface area contributed by atoms with Crippen LogP contribution in [0.25, 0.3) is 0 Å². The lowest BCUT2D eigenvalue weighted by Crippen LogP contribution is -2.24. The number of carbonyl (C=O) groups is 1. The molecule has 0 saturated carbocycles. The molecule has 0 atom stereocenters. The summed E-state index contributed by atoms with van der Waals surface area (Å²) in [4.78, 5) is 25.2. The fourth-order valence-corrected chi connectivity index (χ4v) is 0.952. The van der Waals surface area contributed by atoms with E-state index in [2.05, 4.69) is 11.6 Å². The average Bonchev–Trinajstić information content (AvgIpc) is 2.11. The molecule has 14 heavy (non-hydrogen) atoms. The fourth-order valence-electron chi connectivity index (χ4n) is 0.952. The average molecular weight is 194 g/mol. The van der Waals surface area contributed by atoms with Gasteiger partial charge in [-0.25, -0.2) is 14.6 Å². The van der Waals surface area contributed by atoms with Crippen molar-refractivity contribution in [1.82, 2.24) is 9.55 Å². The van der Waals surface area contributed by atoms with Crippen LogP contribution in [-0.2, 0) is 11.3 Å². The molecule has 0 spiro atoms. The number of aromatic nitrogens is 2. The molecular formula is C9H10N2O3. The molecule has 1 aromatic rings. The second kappa shape index (κ2) is 3.87. The first-order valence-electron chi connectivity index (χ1n) is 3.95. The summed E-state index contributed by atoms with van der Waals surface area (Å²) in [5.41, 5.74) is 0.278. The minimum atomic E-state index is -1.11. The molecule has 1 N–H and O–H groups in total. The Morgan fingerprint density at radius 2 is 2.36 bits per heavy atom. The van der Waals surface area contributed by atoms with Crippen molar-refractivity contribution in [3.8, 4) is 0 Å². The van der Waals surface area contributed by atoms with E-state index in [1.807, 2.05) is 0 Å². The van der Waals surface area contributed by atoms with E-state index in [4.69, 9.17) is 5.11 Å². The molecule has 0 bridgehead atoms. The van der Waals surface area contributed by atoms with Crippen LogP contribution in [-0.4, -0.2) is 20.6 Å². The summed E-state index contributed by atoms with van der Waals surface area (Å²) in [6, 6.07) is 0. The van der Waals surface area contributed by atoms with Gasteiger partial charge in [0.15, 0.2) is 0 Å². The Labute approximate surface area is 80.3 Å². The van der Waals surface area contributed by atoms with Gasteiger partial charge >= 0.3 is 11.7 Å². The van der Waals surface area contributed by atoms with Crippen molar-refractivity contribution in [3.05, 3.63) is 40.6 Å². The minimum absolute atomic E-state index is 0.0388. The van der Waals surface area contributed by atoms with E-state index in [0.29, 0.717) is 0 Å². The maximum Gasteiger partial charge on any atom is 0.347 e. The van der Waals surface area contributed by atoms with Gasteiger partial charge < -0.3 is 5.11 Å². The summed E-state index contributed by atoms with van der Waals surface area (Å²) in [5, 5.41) is 8.57. The molecule has 5 nitrogen and oxygen atoms in total. The molecule has 1 heterocycles. The minimum Gasteiger partial charge on any atom is -0.478 e. The van der Waals surface area contributed by atoms with Crippen LogP contribution in [0, 0.1) is 6.92 Å². The lowest BCUT2D eigenvalue weighted by molar-refractivity contribution is -0.132. The third-order valence-corrected chi connectivity index (χ3v) is 1.65. The Hall–Kier alpha value is -1.91. The molecule has 0 unspecified atom stereocenters. The Morgan fingerprint density at radius 1 is 1.71 bits per heavy atom. The Balaban J connectivity index is 2.97. The van der Waals surface area contributed by atoms with Crippen LogP contribution in [0.1, 0.15) is 5.56 Å². The van der Waals surface area contributed by atoms with Crippen LogP contribution < -0.4 is 5.69 Å². The third kappa shape index (κ3) is 2.29. The van der Waals surface area contributed by atoms with E-state index in [9.17, 15) is 9.59 Å². The third-order valence-electron chi connectivity index (χ3n) is 1.65. The SMILES string of the molecule is C=C(Cn1cc(C)cnc1=O)C(=O)O. The predicted octanol–water partition coefficient (Wildman–Crippen LogP) is 0.193. The van der Waals surface area contributed by atoms with Gasteiger partial charge in [0.2, 0.25) is 0 Å². The van der Waals surface area contributed by atoms with Crippen LogP contribution in [0.4, 0.5) is 0 Å². The molecule has 5 heteroatoms. The van der Waals surface area contributed by atoms with Gasteiger partial charge in [-0.1, -0.05) is 6.58 Å². The number of carboxylic acid groups (broad SMARTS) is 1. The number of nitrogens with zero attached hydrogens (tertiary/aromatic N) is 2. The molecular weight excluding hydrogens is 184 g/mol. The zero-order chi connectivity index (χ0) is 10.7. The first-order chi connectivity index (χ1) is 6.50. The van der Waals surface area contributed by atoms with Crippen molar-refractivity contribution < 1.29 is 9.90 Å². The van der Waals surface area contributed by atoms with E-state index in [-0.39, 0.29) is 12.1 Å². The van der Waals surface area contributed by atoms with Gasteiger partial charge in [-0.3, -0.25) is 4.57 Å². The molecule has 1 rings (SSSR count). The highest BCUT2D eigenvalue weighted by molar-refractivity contribution is 5.85. The maximum absolute atomic E-state index is 11.1. The number of hydrogen-bond acceptors (Lipinski definition) is 3. The van der Waals surface area contributed by atoms with Gasteiger partial charge in [-0.05, 0) is 12.5 Å². The molecule has 74 valence electrons. The molecule has 0 aliphatic carbocycles. The zero-order valence-corrected chi connectivity index (χ0v) is 7.73. The van der Waals surface area contributed by atoms with Gasteiger partial charge in [-0.2, -0.15) is 0 Å². The molecule has 0 radical (unpaired) electrons. The van der Waals surface area contributed by atoms with Crippen LogP contribution in [0.15, 0.2) is 29.3 Å². The second-order valence-corrected chi connectivity index (χ2v) is 2.95. The molecule has 0 amide bonds. The Bertz CT molecular complexity index is 434. The first-order valence-corrected chi connectivity index (χ1v) is 3.95. The van der Waals surface area contributed by atoms with Gasteiger partial charge in [0.05, 0.1) is 6.54 Å². The van der Waals surface area contributed by atoms with Crippen LogP contribution >= 0.6 is 0 Å². The van der Waals surface area contributed by atoms with E-state index >= 15 is 0 Å². The lowest BCUT2D eigenvalue weighted by atomic mass is 10.3. The maximum atomic E-state index is 11.1. The van der Waals surface area contributed by atoms with E-state index < -0.39 is 11.7 Å². The summed E-state index contributed by atoms with van der Waals surface area (Å²) in [6.07, 6.45) is 2.98. The zero-order valence-electron chi connectivity index (χ0n) is 7.73. The van der Waals surface area contributed by atoms with Crippen molar-refractivity contribution in [2.24, 2.45) is 0 Å². The summed E-state index contributed by atoms with van der Waals surface area (Å²) < 4.78 is 1.21. The Kier molecular flexibility index (Phi) is 2.81. The highest BCUT2D eigenvalue weighted by Crippen LogP contribution is 1.96. The molecule has 0 aliphatic rings.